The van der Waals surface area contributed by atoms with E-state index < -0.39 is 16.8 Å². The summed E-state index contributed by atoms with van der Waals surface area (Å²) in [5.41, 5.74) is 0. The molecule has 104 valence electrons. The molecule has 1 rings (SSSR count). The Morgan fingerprint density at radius 3 is 2.78 bits per heavy atom. The van der Waals surface area contributed by atoms with Crippen molar-refractivity contribution in [2.24, 2.45) is 10.9 Å². The number of nitrogens with one attached hydrogen (secondary N) is 1. The van der Waals surface area contributed by atoms with Crippen LogP contribution in [-0.2, 0) is 4.74 Å². The minimum atomic E-state index is -4.17. The monoisotopic (exact) mass is 265 g/mol. The van der Waals surface area contributed by atoms with Crippen LogP contribution in [0.5, 0.6) is 0 Å². The molecule has 2 unspecified atom stereocenters. The Morgan fingerprint density at radius 1 is 1.67 bits per heavy atom. The van der Waals surface area contributed by atoms with Crippen LogP contribution in [0.3, 0.4) is 0 Å². The average Bonchev–Trinajstić information content (AvgIpc) is 2.69. The maximum atomic E-state index is 13.2. The van der Waals surface area contributed by atoms with Gasteiger partial charge in [0, 0.05) is 19.0 Å². The van der Waals surface area contributed by atoms with Crippen molar-refractivity contribution in [3.8, 4) is 0 Å². The maximum absolute atomic E-state index is 13.2. The van der Waals surface area contributed by atoms with Crippen molar-refractivity contribution in [1.82, 2.24) is 5.32 Å². The standard InChI is InChI=1S/C10H17F2N3O3/c1-3-13-9(10(11,12)15(16)17)14-5-8-4-7(2)18-6-8/h7-8H,3-6H2,1-2H3,(H,13,14). The van der Waals surface area contributed by atoms with E-state index in [4.69, 9.17) is 4.74 Å². The van der Waals surface area contributed by atoms with Gasteiger partial charge in [0.05, 0.1) is 12.7 Å². The number of rotatable bonds is 5. The van der Waals surface area contributed by atoms with E-state index in [2.05, 4.69) is 10.3 Å². The lowest BCUT2D eigenvalue weighted by atomic mass is 10.1. The molecule has 0 bridgehead atoms. The van der Waals surface area contributed by atoms with Gasteiger partial charge in [0.2, 0.25) is 0 Å². The zero-order valence-electron chi connectivity index (χ0n) is 10.4. The van der Waals surface area contributed by atoms with E-state index in [1.54, 1.807) is 6.92 Å². The van der Waals surface area contributed by atoms with Gasteiger partial charge in [-0.25, -0.2) is 0 Å². The summed E-state index contributed by atoms with van der Waals surface area (Å²) in [5, 5.41) is 12.6. The number of hydrogen-bond donors (Lipinski definition) is 1. The number of hydrogen-bond acceptors (Lipinski definition) is 4. The predicted octanol–water partition coefficient (Wildman–Crippen LogP) is 1.29. The number of halogens is 2. The quantitative estimate of drug-likeness (QED) is 0.267. The van der Waals surface area contributed by atoms with Crippen LogP contribution in [0.4, 0.5) is 8.78 Å². The lowest BCUT2D eigenvalue weighted by Crippen LogP contribution is -2.46. The Labute approximate surface area is 104 Å². The van der Waals surface area contributed by atoms with Crippen molar-refractivity contribution in [2.75, 3.05) is 19.7 Å². The molecule has 0 aromatic rings. The Morgan fingerprint density at radius 2 is 2.33 bits per heavy atom. The largest absolute Gasteiger partial charge is 0.571 e. The van der Waals surface area contributed by atoms with Gasteiger partial charge < -0.3 is 10.1 Å². The van der Waals surface area contributed by atoms with Gasteiger partial charge in [-0.15, -0.1) is 8.78 Å². The van der Waals surface area contributed by atoms with Crippen LogP contribution in [0.1, 0.15) is 20.3 Å². The van der Waals surface area contributed by atoms with Gasteiger partial charge in [-0.05, 0) is 20.3 Å². The molecule has 0 aromatic carbocycles. The molecule has 1 fully saturated rings. The normalized spacial score (nSPS) is 25.2. The number of amidine groups is 1. The second-order valence-electron chi connectivity index (χ2n) is 4.26. The maximum Gasteiger partial charge on any atom is 0.571 e. The van der Waals surface area contributed by atoms with Gasteiger partial charge in [0.15, 0.2) is 0 Å². The van der Waals surface area contributed by atoms with Gasteiger partial charge in [0.25, 0.3) is 5.84 Å². The molecule has 0 amide bonds. The summed E-state index contributed by atoms with van der Waals surface area (Å²) >= 11 is 0. The SMILES string of the molecule is CCNC(=NCC1COC(C)C1)C(F)(F)[N+](=O)[O-]. The molecule has 1 aliphatic rings. The van der Waals surface area contributed by atoms with E-state index >= 15 is 0 Å². The number of nitrogens with zero attached hydrogens (tertiary/aromatic N) is 2. The molecule has 1 saturated heterocycles. The minimum absolute atomic E-state index is 0.0382. The molecular formula is C10H17F2N3O3. The van der Waals surface area contributed by atoms with E-state index in [1.807, 2.05) is 6.92 Å². The summed E-state index contributed by atoms with van der Waals surface area (Å²) in [5.74, 6) is -0.842. The van der Waals surface area contributed by atoms with Crippen molar-refractivity contribution in [3.05, 3.63) is 10.1 Å². The Bertz CT molecular complexity index is 336. The highest BCUT2D eigenvalue weighted by Gasteiger charge is 2.50. The predicted molar refractivity (Wildman–Crippen MR) is 61.4 cm³/mol. The van der Waals surface area contributed by atoms with Gasteiger partial charge in [-0.1, -0.05) is 0 Å². The zero-order valence-corrected chi connectivity index (χ0v) is 10.4. The molecular weight excluding hydrogens is 248 g/mol. The van der Waals surface area contributed by atoms with E-state index in [0.29, 0.717) is 6.61 Å². The minimum Gasteiger partial charge on any atom is -0.378 e. The van der Waals surface area contributed by atoms with Crippen molar-refractivity contribution in [1.29, 1.82) is 0 Å². The molecule has 0 aromatic heterocycles. The van der Waals surface area contributed by atoms with Crippen LogP contribution in [0, 0.1) is 16.0 Å². The fourth-order valence-electron chi connectivity index (χ4n) is 1.76. The lowest BCUT2D eigenvalue weighted by molar-refractivity contribution is -0.617. The number of nitro groups is 1. The van der Waals surface area contributed by atoms with Crippen molar-refractivity contribution in [2.45, 2.75) is 32.4 Å². The second-order valence-corrected chi connectivity index (χ2v) is 4.26. The van der Waals surface area contributed by atoms with Crippen LogP contribution in [0.25, 0.3) is 0 Å². The molecule has 18 heavy (non-hydrogen) atoms. The number of aliphatic imine (C=N–C) groups is 1. The summed E-state index contributed by atoms with van der Waals surface area (Å²) in [6.45, 7) is 4.18. The fourth-order valence-corrected chi connectivity index (χ4v) is 1.76. The van der Waals surface area contributed by atoms with E-state index in [0.717, 1.165) is 6.42 Å². The molecule has 0 aliphatic carbocycles. The molecule has 0 radical (unpaired) electrons. The Balaban J connectivity index is 2.69. The molecule has 0 spiro atoms. The molecule has 2 atom stereocenters. The van der Waals surface area contributed by atoms with Crippen LogP contribution in [0.15, 0.2) is 4.99 Å². The number of alkyl halides is 2. The number of ether oxygens (including phenoxy) is 1. The molecule has 0 saturated carbocycles. The van der Waals surface area contributed by atoms with E-state index in [1.165, 1.54) is 0 Å². The highest BCUT2D eigenvalue weighted by molar-refractivity contribution is 5.87. The topological polar surface area (TPSA) is 76.8 Å². The van der Waals surface area contributed by atoms with Crippen LogP contribution >= 0.6 is 0 Å². The van der Waals surface area contributed by atoms with Gasteiger partial charge >= 0.3 is 6.05 Å². The second kappa shape index (κ2) is 6.03. The average molecular weight is 265 g/mol. The van der Waals surface area contributed by atoms with E-state index in [-0.39, 0.29) is 25.1 Å². The lowest BCUT2D eigenvalue weighted by Gasteiger charge is -2.12. The van der Waals surface area contributed by atoms with Gasteiger partial charge in [-0.2, -0.15) is 0 Å². The molecule has 1 N–H and O–H groups in total. The van der Waals surface area contributed by atoms with Gasteiger partial charge in [0.1, 0.15) is 4.92 Å². The molecule has 1 heterocycles. The smallest absolute Gasteiger partial charge is 0.378 e. The highest BCUT2D eigenvalue weighted by Crippen LogP contribution is 2.21. The summed E-state index contributed by atoms with van der Waals surface area (Å²) in [7, 11) is 0. The van der Waals surface area contributed by atoms with Crippen LogP contribution in [-0.4, -0.2) is 42.6 Å². The number of likely N-dealkylation sites (N-methyl/N-ethyl adjacent to an activating group) is 1. The Kier molecular flexibility index (Phi) is 4.94. The Hall–Kier alpha value is -1.31. The molecule has 6 nitrogen and oxygen atoms in total. The molecule has 1 aliphatic heterocycles. The highest BCUT2D eigenvalue weighted by atomic mass is 19.3. The first-order valence-corrected chi connectivity index (χ1v) is 5.80. The first kappa shape index (κ1) is 14.7. The van der Waals surface area contributed by atoms with Crippen molar-refractivity contribution >= 4 is 5.84 Å². The summed E-state index contributed by atoms with van der Waals surface area (Å²) in [4.78, 5) is 12.3. The third kappa shape index (κ3) is 3.59. The van der Waals surface area contributed by atoms with Crippen molar-refractivity contribution < 1.29 is 18.4 Å². The van der Waals surface area contributed by atoms with E-state index in [9.17, 15) is 18.9 Å². The summed E-state index contributed by atoms with van der Waals surface area (Å²) in [6, 6.07) is -4.17. The zero-order chi connectivity index (χ0) is 13.8. The van der Waals surface area contributed by atoms with Crippen molar-refractivity contribution in [3.63, 3.8) is 0 Å². The first-order valence-electron chi connectivity index (χ1n) is 5.80. The third-order valence-corrected chi connectivity index (χ3v) is 2.65. The summed E-state index contributed by atoms with van der Waals surface area (Å²) in [6.07, 6.45) is 0.816. The third-order valence-electron chi connectivity index (χ3n) is 2.65. The fraction of sp³-hybridized carbons (Fsp3) is 0.900. The van der Waals surface area contributed by atoms with Gasteiger partial charge in [-0.3, -0.25) is 15.1 Å². The summed E-state index contributed by atoms with van der Waals surface area (Å²) < 4.78 is 31.7. The van der Waals surface area contributed by atoms with Crippen LogP contribution < -0.4 is 5.32 Å². The first-order chi connectivity index (χ1) is 8.37. The van der Waals surface area contributed by atoms with Crippen LogP contribution in [0.2, 0.25) is 0 Å². The molecule has 8 heteroatoms.